The van der Waals surface area contributed by atoms with Crippen molar-refractivity contribution in [2.75, 3.05) is 7.11 Å². The van der Waals surface area contributed by atoms with Gasteiger partial charge in [0.15, 0.2) is 0 Å². The highest BCUT2D eigenvalue weighted by Gasteiger charge is 2.39. The van der Waals surface area contributed by atoms with E-state index in [-0.39, 0.29) is 5.41 Å². The standard InChI is InChI=1S/C22H28O2/c1-13(2)17-10-15(7-8-20(17)23)18-12-22(4,5)19-11-16(24-6)9-14(3)21(18)19/h7-11,13,18,23H,12H2,1-6H3/t18-/m0/s1. The molecule has 3 rings (SSSR count). The molecule has 0 aliphatic heterocycles. The molecule has 128 valence electrons. The van der Waals surface area contributed by atoms with Crippen molar-refractivity contribution in [2.45, 2.75) is 58.3 Å². The maximum Gasteiger partial charge on any atom is 0.119 e. The first-order valence-electron chi connectivity index (χ1n) is 8.76. The molecule has 2 nitrogen and oxygen atoms in total. The Labute approximate surface area is 145 Å². The third-order valence-electron chi connectivity index (χ3n) is 5.46. The predicted octanol–water partition coefficient (Wildman–Crippen LogP) is 5.65. The lowest BCUT2D eigenvalue weighted by molar-refractivity contribution is 0.412. The SMILES string of the molecule is COc1cc(C)c2c(c1)C(C)(C)C[C@H]2c1ccc(O)c(C(C)C)c1. The van der Waals surface area contributed by atoms with Gasteiger partial charge in [-0.15, -0.1) is 0 Å². The third kappa shape index (κ3) is 2.68. The number of phenols is 1. The van der Waals surface area contributed by atoms with E-state index < -0.39 is 0 Å². The highest BCUT2D eigenvalue weighted by molar-refractivity contribution is 5.55. The second-order valence-corrected chi connectivity index (χ2v) is 8.02. The Morgan fingerprint density at radius 2 is 1.88 bits per heavy atom. The van der Waals surface area contributed by atoms with Crippen molar-refractivity contribution in [2.24, 2.45) is 0 Å². The van der Waals surface area contributed by atoms with Gasteiger partial charge in [0.1, 0.15) is 11.5 Å². The van der Waals surface area contributed by atoms with Crippen molar-refractivity contribution in [3.63, 3.8) is 0 Å². The van der Waals surface area contributed by atoms with Gasteiger partial charge in [0, 0.05) is 5.92 Å². The molecule has 0 radical (unpaired) electrons. The fourth-order valence-corrected chi connectivity index (χ4v) is 4.16. The van der Waals surface area contributed by atoms with Gasteiger partial charge in [-0.1, -0.05) is 39.8 Å². The fraction of sp³-hybridized carbons (Fsp3) is 0.455. The van der Waals surface area contributed by atoms with Crippen molar-refractivity contribution in [3.8, 4) is 11.5 Å². The first kappa shape index (κ1) is 16.9. The summed E-state index contributed by atoms with van der Waals surface area (Å²) in [4.78, 5) is 0. The van der Waals surface area contributed by atoms with Crippen molar-refractivity contribution < 1.29 is 9.84 Å². The van der Waals surface area contributed by atoms with Crippen molar-refractivity contribution in [3.05, 3.63) is 58.1 Å². The molecule has 2 heteroatoms. The van der Waals surface area contributed by atoms with Gasteiger partial charge in [0.25, 0.3) is 0 Å². The molecule has 0 saturated heterocycles. The van der Waals surface area contributed by atoms with E-state index in [4.69, 9.17) is 4.74 Å². The molecule has 0 bridgehead atoms. The maximum absolute atomic E-state index is 10.2. The Balaban J connectivity index is 2.15. The Hall–Kier alpha value is -1.96. The lowest BCUT2D eigenvalue weighted by atomic mass is 9.84. The topological polar surface area (TPSA) is 29.5 Å². The first-order valence-corrected chi connectivity index (χ1v) is 8.76. The average Bonchev–Trinajstić information content (AvgIpc) is 2.79. The Morgan fingerprint density at radius 3 is 2.50 bits per heavy atom. The minimum Gasteiger partial charge on any atom is -0.508 e. The van der Waals surface area contributed by atoms with E-state index in [0.29, 0.717) is 17.6 Å². The van der Waals surface area contributed by atoms with Crippen molar-refractivity contribution in [1.29, 1.82) is 0 Å². The monoisotopic (exact) mass is 324 g/mol. The molecule has 0 spiro atoms. The van der Waals surface area contributed by atoms with Crippen LogP contribution in [0.25, 0.3) is 0 Å². The number of aryl methyl sites for hydroxylation is 1. The fourth-order valence-electron chi connectivity index (χ4n) is 4.16. The second-order valence-electron chi connectivity index (χ2n) is 8.02. The summed E-state index contributed by atoms with van der Waals surface area (Å²) in [5, 5.41) is 10.2. The van der Waals surface area contributed by atoms with Crippen LogP contribution in [0.4, 0.5) is 0 Å². The van der Waals surface area contributed by atoms with E-state index in [1.54, 1.807) is 7.11 Å². The second kappa shape index (κ2) is 5.84. The van der Waals surface area contributed by atoms with E-state index in [0.717, 1.165) is 17.7 Å². The van der Waals surface area contributed by atoms with Gasteiger partial charge in [-0.2, -0.15) is 0 Å². The third-order valence-corrected chi connectivity index (χ3v) is 5.46. The van der Waals surface area contributed by atoms with Gasteiger partial charge in [0.05, 0.1) is 7.11 Å². The quantitative estimate of drug-likeness (QED) is 0.791. The molecule has 1 aliphatic carbocycles. The summed E-state index contributed by atoms with van der Waals surface area (Å²) >= 11 is 0. The van der Waals surface area contributed by atoms with Crippen LogP contribution in [-0.4, -0.2) is 12.2 Å². The molecule has 0 aromatic heterocycles. The van der Waals surface area contributed by atoms with Gasteiger partial charge >= 0.3 is 0 Å². The zero-order valence-electron chi connectivity index (χ0n) is 15.6. The lowest BCUT2D eigenvalue weighted by Gasteiger charge is -2.20. The number of phenolic OH excluding ortho intramolecular Hbond substituents is 1. The summed E-state index contributed by atoms with van der Waals surface area (Å²) < 4.78 is 5.49. The highest BCUT2D eigenvalue weighted by atomic mass is 16.5. The first-order chi connectivity index (χ1) is 11.2. The van der Waals surface area contributed by atoms with Crippen LogP contribution in [0.3, 0.4) is 0 Å². The molecular weight excluding hydrogens is 296 g/mol. The van der Waals surface area contributed by atoms with E-state index in [9.17, 15) is 5.11 Å². The van der Waals surface area contributed by atoms with Gasteiger partial charge in [-0.3, -0.25) is 0 Å². The number of methoxy groups -OCH3 is 1. The van der Waals surface area contributed by atoms with Crippen LogP contribution < -0.4 is 4.74 Å². The minimum atomic E-state index is 0.120. The van der Waals surface area contributed by atoms with Gasteiger partial charge < -0.3 is 9.84 Å². The Bertz CT molecular complexity index is 772. The van der Waals surface area contributed by atoms with E-state index in [2.05, 4.69) is 58.9 Å². The van der Waals surface area contributed by atoms with Crippen molar-refractivity contribution in [1.82, 2.24) is 0 Å². The van der Waals surface area contributed by atoms with Crippen molar-refractivity contribution >= 4 is 0 Å². The molecule has 1 atom stereocenters. The zero-order chi connectivity index (χ0) is 17.6. The predicted molar refractivity (Wildman–Crippen MR) is 99.4 cm³/mol. The average molecular weight is 324 g/mol. The summed E-state index contributed by atoms with van der Waals surface area (Å²) in [6.45, 7) is 11.1. The molecule has 0 fully saturated rings. The van der Waals surface area contributed by atoms with Crippen LogP contribution in [0.5, 0.6) is 11.5 Å². The number of fused-ring (bicyclic) bond motifs is 1. The molecule has 0 heterocycles. The summed E-state index contributed by atoms with van der Waals surface area (Å²) in [6.07, 6.45) is 1.08. The van der Waals surface area contributed by atoms with Crippen LogP contribution in [-0.2, 0) is 5.41 Å². The molecule has 0 saturated carbocycles. The van der Waals surface area contributed by atoms with Crippen LogP contribution in [0.1, 0.15) is 73.8 Å². The molecule has 2 aromatic rings. The summed E-state index contributed by atoms with van der Waals surface area (Å²) in [5.74, 6) is 2.03. The Kier molecular flexibility index (Phi) is 4.11. The maximum atomic E-state index is 10.2. The molecule has 2 aromatic carbocycles. The van der Waals surface area contributed by atoms with E-state index in [1.165, 1.54) is 22.3 Å². The van der Waals surface area contributed by atoms with E-state index >= 15 is 0 Å². The highest BCUT2D eigenvalue weighted by Crippen LogP contribution is 2.51. The smallest absolute Gasteiger partial charge is 0.119 e. The molecule has 1 N–H and O–H groups in total. The summed E-state index contributed by atoms with van der Waals surface area (Å²) in [6, 6.07) is 10.5. The number of hydrogen-bond acceptors (Lipinski definition) is 2. The van der Waals surface area contributed by atoms with Gasteiger partial charge in [-0.25, -0.2) is 0 Å². The largest absolute Gasteiger partial charge is 0.508 e. The molecular formula is C22H28O2. The minimum absolute atomic E-state index is 0.120. The summed E-state index contributed by atoms with van der Waals surface area (Å²) in [7, 11) is 1.73. The molecule has 1 aliphatic rings. The van der Waals surface area contributed by atoms with Crippen LogP contribution >= 0.6 is 0 Å². The summed E-state index contributed by atoms with van der Waals surface area (Å²) in [5.41, 5.74) is 6.57. The molecule has 24 heavy (non-hydrogen) atoms. The van der Waals surface area contributed by atoms with Crippen LogP contribution in [0, 0.1) is 6.92 Å². The van der Waals surface area contributed by atoms with Gasteiger partial charge in [-0.05, 0) is 70.7 Å². The lowest BCUT2D eigenvalue weighted by Crippen LogP contribution is -2.12. The zero-order valence-corrected chi connectivity index (χ0v) is 15.6. The number of rotatable bonds is 3. The number of aromatic hydroxyl groups is 1. The van der Waals surface area contributed by atoms with Crippen LogP contribution in [0.15, 0.2) is 30.3 Å². The number of ether oxygens (including phenoxy) is 1. The number of hydrogen-bond donors (Lipinski definition) is 1. The number of benzene rings is 2. The Morgan fingerprint density at radius 1 is 1.17 bits per heavy atom. The molecule has 0 amide bonds. The molecule has 0 unspecified atom stereocenters. The van der Waals surface area contributed by atoms with Gasteiger partial charge in [0.2, 0.25) is 0 Å². The van der Waals surface area contributed by atoms with Crippen LogP contribution in [0.2, 0.25) is 0 Å². The normalized spacial score (nSPS) is 18.7. The van der Waals surface area contributed by atoms with E-state index in [1.807, 2.05) is 6.07 Å².